The molecule has 0 amide bonds. The van der Waals surface area contributed by atoms with Crippen LogP contribution in [0.5, 0.6) is 0 Å². The Balaban J connectivity index is 1.94. The van der Waals surface area contributed by atoms with Gasteiger partial charge in [0.2, 0.25) is 0 Å². The van der Waals surface area contributed by atoms with Gasteiger partial charge in [-0.25, -0.2) is 0 Å². The number of benzene rings is 2. The molecule has 0 aliphatic rings. The van der Waals surface area contributed by atoms with E-state index in [0.29, 0.717) is 6.54 Å². The highest BCUT2D eigenvalue weighted by atomic mass is 16.1. The van der Waals surface area contributed by atoms with Crippen molar-refractivity contribution in [3.63, 3.8) is 0 Å². The molecule has 2 heteroatoms. The molecule has 0 radical (unpaired) electrons. The van der Waals surface area contributed by atoms with Gasteiger partial charge in [-0.3, -0.25) is 4.79 Å². The molecule has 1 aromatic heterocycles. The average molecular weight is 249 g/mol. The summed E-state index contributed by atoms with van der Waals surface area (Å²) in [4.78, 5) is 12.2. The number of ketones is 1. The maximum Gasteiger partial charge on any atom is 0.182 e. The zero-order valence-electron chi connectivity index (χ0n) is 10.8. The molecule has 1 heterocycles. The lowest BCUT2D eigenvalue weighted by molar-refractivity contribution is 0.0973. The summed E-state index contributed by atoms with van der Waals surface area (Å²) in [5.41, 5.74) is 3.12. The number of carbonyl (C=O) groups excluding carboxylic acids is 1. The van der Waals surface area contributed by atoms with Crippen molar-refractivity contribution in [2.24, 2.45) is 0 Å². The van der Waals surface area contributed by atoms with Crippen LogP contribution in [0.4, 0.5) is 0 Å². The number of Topliss-reactive ketones (excluding diaryl/α,β-unsaturated/α-hetero) is 1. The Morgan fingerprint density at radius 2 is 1.79 bits per heavy atom. The lowest BCUT2D eigenvalue weighted by Crippen LogP contribution is -2.09. The fraction of sp³-hybridized carbons (Fsp3) is 0.118. The third kappa shape index (κ3) is 2.17. The van der Waals surface area contributed by atoms with Crippen LogP contribution < -0.4 is 0 Å². The summed E-state index contributed by atoms with van der Waals surface area (Å²) in [5, 5.41) is 1.21. The highest BCUT2D eigenvalue weighted by Crippen LogP contribution is 2.19. The van der Waals surface area contributed by atoms with Crippen molar-refractivity contribution in [3.05, 3.63) is 71.9 Å². The lowest BCUT2D eigenvalue weighted by atomic mass is 10.1. The van der Waals surface area contributed by atoms with Crippen LogP contribution in [0.2, 0.25) is 0 Å². The molecule has 0 spiro atoms. The normalized spacial score (nSPS) is 10.8. The van der Waals surface area contributed by atoms with Crippen molar-refractivity contribution in [2.75, 3.05) is 0 Å². The first-order valence-corrected chi connectivity index (χ1v) is 6.38. The van der Waals surface area contributed by atoms with E-state index in [1.807, 2.05) is 47.2 Å². The van der Waals surface area contributed by atoms with Gasteiger partial charge in [0.05, 0.1) is 6.54 Å². The van der Waals surface area contributed by atoms with Crippen LogP contribution in [-0.4, -0.2) is 10.4 Å². The number of hydrogen-bond acceptors (Lipinski definition) is 1. The fourth-order valence-electron chi connectivity index (χ4n) is 2.39. The summed E-state index contributed by atoms with van der Waals surface area (Å²) in [5.74, 6) is 0.139. The molecule has 94 valence electrons. The van der Waals surface area contributed by atoms with Crippen molar-refractivity contribution in [3.8, 4) is 0 Å². The molecule has 3 aromatic rings. The van der Waals surface area contributed by atoms with Gasteiger partial charge < -0.3 is 4.57 Å². The van der Waals surface area contributed by atoms with Crippen molar-refractivity contribution in [2.45, 2.75) is 13.5 Å². The molecule has 3 rings (SSSR count). The standard InChI is InChI=1S/C17H15NO/c1-13-6-5-9-16-15(13)10-11-18(16)12-17(19)14-7-3-2-4-8-14/h2-11H,12H2,1H3. The first-order chi connectivity index (χ1) is 9.25. The summed E-state index contributed by atoms with van der Waals surface area (Å²) in [7, 11) is 0. The Bertz CT molecular complexity index is 725. The van der Waals surface area contributed by atoms with E-state index >= 15 is 0 Å². The summed E-state index contributed by atoms with van der Waals surface area (Å²) in [6.45, 7) is 2.47. The quantitative estimate of drug-likeness (QED) is 0.646. The highest BCUT2D eigenvalue weighted by Gasteiger charge is 2.08. The minimum atomic E-state index is 0.139. The smallest absolute Gasteiger partial charge is 0.182 e. The van der Waals surface area contributed by atoms with Gasteiger partial charge in [0, 0.05) is 22.7 Å². The van der Waals surface area contributed by atoms with E-state index < -0.39 is 0 Å². The molecule has 0 aliphatic heterocycles. The van der Waals surface area contributed by atoms with Crippen LogP contribution in [0, 0.1) is 6.92 Å². The molecular formula is C17H15NO. The Hall–Kier alpha value is -2.35. The Labute approximate surface area is 112 Å². The second-order valence-corrected chi connectivity index (χ2v) is 4.74. The minimum absolute atomic E-state index is 0.139. The number of rotatable bonds is 3. The first-order valence-electron chi connectivity index (χ1n) is 6.38. The largest absolute Gasteiger partial charge is 0.340 e. The molecule has 0 saturated heterocycles. The Kier molecular flexibility index (Phi) is 2.92. The Morgan fingerprint density at radius 3 is 2.58 bits per heavy atom. The van der Waals surface area contributed by atoms with Crippen LogP contribution in [0.3, 0.4) is 0 Å². The SMILES string of the molecule is Cc1cccc2c1ccn2CC(=O)c1ccccc1. The van der Waals surface area contributed by atoms with Gasteiger partial charge in [0.1, 0.15) is 0 Å². The van der Waals surface area contributed by atoms with Gasteiger partial charge in [0.15, 0.2) is 5.78 Å². The van der Waals surface area contributed by atoms with Gasteiger partial charge in [-0.1, -0.05) is 42.5 Å². The third-order valence-corrected chi connectivity index (χ3v) is 3.44. The zero-order chi connectivity index (χ0) is 13.2. The highest BCUT2D eigenvalue weighted by molar-refractivity contribution is 5.97. The van der Waals surface area contributed by atoms with Crippen LogP contribution >= 0.6 is 0 Å². The van der Waals surface area contributed by atoms with Gasteiger partial charge in [-0.15, -0.1) is 0 Å². The van der Waals surface area contributed by atoms with Gasteiger partial charge in [0.25, 0.3) is 0 Å². The molecule has 0 unspecified atom stereocenters. The first kappa shape index (κ1) is 11.7. The van der Waals surface area contributed by atoms with E-state index in [0.717, 1.165) is 11.1 Å². The van der Waals surface area contributed by atoms with Crippen molar-refractivity contribution < 1.29 is 4.79 Å². The summed E-state index contributed by atoms with van der Waals surface area (Å²) < 4.78 is 2.01. The molecule has 0 N–H and O–H groups in total. The number of carbonyl (C=O) groups is 1. The molecule has 2 aromatic carbocycles. The van der Waals surface area contributed by atoms with Crippen molar-refractivity contribution in [1.82, 2.24) is 4.57 Å². The molecule has 0 bridgehead atoms. The molecule has 19 heavy (non-hydrogen) atoms. The maximum absolute atomic E-state index is 12.2. The van der Waals surface area contributed by atoms with E-state index in [4.69, 9.17) is 0 Å². The predicted octanol–water partition coefficient (Wildman–Crippen LogP) is 3.83. The summed E-state index contributed by atoms with van der Waals surface area (Å²) >= 11 is 0. The number of aryl methyl sites for hydroxylation is 1. The van der Waals surface area contributed by atoms with E-state index in [9.17, 15) is 4.79 Å². The molecule has 0 atom stereocenters. The van der Waals surface area contributed by atoms with Gasteiger partial charge >= 0.3 is 0 Å². The van der Waals surface area contributed by atoms with Gasteiger partial charge in [-0.05, 0) is 24.6 Å². The monoisotopic (exact) mass is 249 g/mol. The second-order valence-electron chi connectivity index (χ2n) is 4.74. The van der Waals surface area contributed by atoms with Crippen LogP contribution in [0.1, 0.15) is 15.9 Å². The molecule has 0 aliphatic carbocycles. The van der Waals surface area contributed by atoms with Crippen LogP contribution in [0.25, 0.3) is 10.9 Å². The van der Waals surface area contributed by atoms with Crippen molar-refractivity contribution in [1.29, 1.82) is 0 Å². The number of aromatic nitrogens is 1. The van der Waals surface area contributed by atoms with E-state index in [1.54, 1.807) is 0 Å². The molecule has 0 saturated carbocycles. The predicted molar refractivity (Wildman–Crippen MR) is 77.4 cm³/mol. The molecular weight excluding hydrogens is 234 g/mol. The number of hydrogen-bond donors (Lipinski definition) is 0. The van der Waals surface area contributed by atoms with Crippen LogP contribution in [-0.2, 0) is 6.54 Å². The Morgan fingerprint density at radius 1 is 1.00 bits per heavy atom. The van der Waals surface area contributed by atoms with E-state index in [-0.39, 0.29) is 5.78 Å². The zero-order valence-corrected chi connectivity index (χ0v) is 10.8. The fourth-order valence-corrected chi connectivity index (χ4v) is 2.39. The topological polar surface area (TPSA) is 22.0 Å². The summed E-state index contributed by atoms with van der Waals surface area (Å²) in [6, 6.07) is 17.7. The molecule has 0 fully saturated rings. The molecule has 2 nitrogen and oxygen atoms in total. The van der Waals surface area contributed by atoms with Gasteiger partial charge in [-0.2, -0.15) is 0 Å². The third-order valence-electron chi connectivity index (χ3n) is 3.44. The van der Waals surface area contributed by atoms with Crippen molar-refractivity contribution >= 4 is 16.7 Å². The lowest BCUT2D eigenvalue weighted by Gasteiger charge is -2.05. The minimum Gasteiger partial charge on any atom is -0.340 e. The van der Waals surface area contributed by atoms with E-state index in [1.165, 1.54) is 10.9 Å². The summed E-state index contributed by atoms with van der Waals surface area (Å²) in [6.07, 6.45) is 1.98. The van der Waals surface area contributed by atoms with E-state index in [2.05, 4.69) is 25.1 Å². The number of fused-ring (bicyclic) bond motifs is 1. The average Bonchev–Trinajstić information content (AvgIpc) is 2.84. The second kappa shape index (κ2) is 4.73. The number of nitrogens with zero attached hydrogens (tertiary/aromatic N) is 1. The van der Waals surface area contributed by atoms with Crippen LogP contribution in [0.15, 0.2) is 60.8 Å². The maximum atomic E-state index is 12.2.